The fourth-order valence-corrected chi connectivity index (χ4v) is 6.24. The molecule has 18 heavy (non-hydrogen) atoms. The van der Waals surface area contributed by atoms with Crippen molar-refractivity contribution in [3.05, 3.63) is 30.3 Å². The van der Waals surface area contributed by atoms with Gasteiger partial charge in [0.15, 0.2) is 0 Å². The molecule has 1 amide bonds. The van der Waals surface area contributed by atoms with Gasteiger partial charge in [-0.25, -0.2) is 0 Å². The van der Waals surface area contributed by atoms with Crippen molar-refractivity contribution >= 4 is 25.3 Å². The predicted molar refractivity (Wildman–Crippen MR) is 74.1 cm³/mol. The molecule has 3 atom stereocenters. The molecule has 96 valence electrons. The van der Waals surface area contributed by atoms with E-state index in [9.17, 15) is 4.79 Å². The molecular weight excluding hydrogens is 289 g/mol. The van der Waals surface area contributed by atoms with E-state index in [1.165, 1.54) is 23.7 Å². The van der Waals surface area contributed by atoms with Crippen molar-refractivity contribution in [2.24, 2.45) is 5.92 Å². The topological polar surface area (TPSA) is 20.3 Å². The zero-order chi connectivity index (χ0) is 12.5. The number of likely N-dealkylation sites (tertiary alicyclic amines) is 1. The second-order valence-electron chi connectivity index (χ2n) is 5.34. The van der Waals surface area contributed by atoms with E-state index in [1.54, 1.807) is 0 Å². The van der Waals surface area contributed by atoms with Gasteiger partial charge >= 0.3 is 115 Å². The van der Waals surface area contributed by atoms with E-state index in [0.29, 0.717) is 32.8 Å². The Balaban J connectivity index is 1.75. The third-order valence-corrected chi connectivity index (χ3v) is 7.30. The number of hydrogen-bond acceptors (Lipinski definition) is 1. The molecule has 1 heterocycles. The van der Waals surface area contributed by atoms with E-state index in [1.807, 2.05) is 11.9 Å². The zero-order valence-electron chi connectivity index (χ0n) is 10.7. The van der Waals surface area contributed by atoms with Crippen LogP contribution in [0.3, 0.4) is 0 Å². The van der Waals surface area contributed by atoms with Crippen LogP contribution in [0.2, 0.25) is 4.82 Å². The summed E-state index contributed by atoms with van der Waals surface area (Å²) >= 11 is 0.524. The summed E-state index contributed by atoms with van der Waals surface area (Å²) in [5.74, 6) is 0.984. The molecule has 2 fully saturated rings. The van der Waals surface area contributed by atoms with Crippen molar-refractivity contribution in [1.29, 1.82) is 0 Å². The van der Waals surface area contributed by atoms with Gasteiger partial charge in [-0.1, -0.05) is 0 Å². The number of benzene rings is 1. The molecule has 1 aromatic rings. The zero-order valence-corrected chi connectivity index (χ0v) is 12.4. The Hall–Kier alpha value is -0.791. The summed E-state index contributed by atoms with van der Waals surface area (Å²) in [6.45, 7) is 0. The summed E-state index contributed by atoms with van der Waals surface area (Å²) in [7, 11) is 1.99. The van der Waals surface area contributed by atoms with Crippen molar-refractivity contribution in [2.75, 3.05) is 7.05 Å². The number of nitrogens with zero attached hydrogens (tertiary/aromatic N) is 1. The molecule has 2 aliphatic rings. The van der Waals surface area contributed by atoms with E-state index in [4.69, 9.17) is 0 Å². The van der Waals surface area contributed by atoms with Gasteiger partial charge in [-0.15, -0.1) is 0 Å². The molecule has 1 saturated carbocycles. The van der Waals surface area contributed by atoms with E-state index in [-0.39, 0.29) is 0 Å². The minimum atomic E-state index is 0.362. The Labute approximate surface area is 115 Å². The van der Waals surface area contributed by atoms with Gasteiger partial charge in [0.25, 0.3) is 0 Å². The quantitative estimate of drug-likeness (QED) is 0.764. The Bertz CT molecular complexity index is 433. The Morgan fingerprint density at radius 1 is 1.22 bits per heavy atom. The molecule has 0 N–H and O–H groups in total. The van der Waals surface area contributed by atoms with Gasteiger partial charge in [0, 0.05) is 0 Å². The van der Waals surface area contributed by atoms with Gasteiger partial charge in [0.05, 0.1) is 0 Å². The van der Waals surface area contributed by atoms with E-state index in [2.05, 4.69) is 30.3 Å². The fourth-order valence-electron chi connectivity index (χ4n) is 3.30. The molecule has 3 heteroatoms. The second kappa shape index (κ2) is 5.06. The van der Waals surface area contributed by atoms with Crippen molar-refractivity contribution < 1.29 is 4.79 Å². The normalized spacial score (nSPS) is 31.5. The van der Waals surface area contributed by atoms with Crippen LogP contribution in [-0.2, 0) is 4.79 Å². The van der Waals surface area contributed by atoms with Crippen LogP contribution in [0.4, 0.5) is 0 Å². The fraction of sp³-hybridized carbons (Fsp3) is 0.533. The van der Waals surface area contributed by atoms with E-state index >= 15 is 0 Å². The van der Waals surface area contributed by atoms with Gasteiger partial charge in [0.1, 0.15) is 0 Å². The van der Waals surface area contributed by atoms with Gasteiger partial charge in [-0.3, -0.25) is 0 Å². The maximum atomic E-state index is 11.9. The Morgan fingerprint density at radius 2 is 2.00 bits per heavy atom. The van der Waals surface area contributed by atoms with Crippen molar-refractivity contribution in [1.82, 2.24) is 4.90 Å². The number of fused-ring (bicyclic) bond motifs is 1. The first-order chi connectivity index (χ1) is 8.75. The number of carbonyl (C=O) groups is 1. The summed E-state index contributed by atoms with van der Waals surface area (Å²) < 4.78 is 1.48. The summed E-state index contributed by atoms with van der Waals surface area (Å²) in [6.07, 6.45) is 4.61. The SMILES string of the molecule is CN1C(=O)C[C@@H]2[C@H]1CCC[C@H]2[Se]c1ccccc1. The van der Waals surface area contributed by atoms with Crippen LogP contribution in [0, 0.1) is 5.92 Å². The first-order valence-corrected chi connectivity index (χ1v) is 8.57. The van der Waals surface area contributed by atoms with E-state index < -0.39 is 0 Å². The first-order valence-electron chi connectivity index (χ1n) is 6.73. The number of amides is 1. The van der Waals surface area contributed by atoms with Crippen molar-refractivity contribution in [2.45, 2.75) is 36.5 Å². The molecule has 1 saturated heterocycles. The predicted octanol–water partition coefficient (Wildman–Crippen LogP) is 1.84. The minimum absolute atomic E-state index is 0.362. The summed E-state index contributed by atoms with van der Waals surface area (Å²) in [5.41, 5.74) is 0. The average molecular weight is 308 g/mol. The monoisotopic (exact) mass is 309 g/mol. The van der Waals surface area contributed by atoms with Crippen molar-refractivity contribution in [3.8, 4) is 0 Å². The average Bonchev–Trinajstić information content (AvgIpc) is 2.69. The van der Waals surface area contributed by atoms with Crippen LogP contribution in [0.15, 0.2) is 30.3 Å². The van der Waals surface area contributed by atoms with E-state index in [0.717, 1.165) is 11.2 Å². The maximum absolute atomic E-state index is 11.9. The molecular formula is C15H19NOSe. The molecule has 0 bridgehead atoms. The molecule has 3 rings (SSSR count). The molecule has 1 aliphatic carbocycles. The van der Waals surface area contributed by atoms with Crippen molar-refractivity contribution in [3.63, 3.8) is 0 Å². The van der Waals surface area contributed by atoms with Crippen LogP contribution >= 0.6 is 0 Å². The summed E-state index contributed by atoms with van der Waals surface area (Å²) in [6, 6.07) is 11.3. The molecule has 0 unspecified atom stereocenters. The van der Waals surface area contributed by atoms with Gasteiger partial charge in [0.2, 0.25) is 0 Å². The van der Waals surface area contributed by atoms with Crippen LogP contribution < -0.4 is 4.46 Å². The Kier molecular flexibility index (Phi) is 3.45. The third-order valence-electron chi connectivity index (χ3n) is 4.29. The molecule has 2 nitrogen and oxygen atoms in total. The second-order valence-corrected chi connectivity index (χ2v) is 8.09. The van der Waals surface area contributed by atoms with Gasteiger partial charge < -0.3 is 0 Å². The van der Waals surface area contributed by atoms with Crippen LogP contribution in [-0.4, -0.2) is 38.9 Å². The molecule has 0 aromatic heterocycles. The van der Waals surface area contributed by atoms with Gasteiger partial charge in [-0.2, -0.15) is 0 Å². The number of carbonyl (C=O) groups excluding carboxylic acids is 1. The van der Waals surface area contributed by atoms with Crippen LogP contribution in [0.25, 0.3) is 0 Å². The summed E-state index contributed by atoms with van der Waals surface area (Å²) in [5, 5.41) is 0. The summed E-state index contributed by atoms with van der Waals surface area (Å²) in [4.78, 5) is 14.6. The standard InChI is InChI=1S/C15H19NOSe/c1-16-13-8-5-9-14(12(13)10-15(16)17)18-11-6-3-2-4-7-11/h2-4,6-7,12-14H,5,8-10H2,1H3/t12-,13-,14-/m1/s1. The van der Waals surface area contributed by atoms with Gasteiger partial charge in [-0.05, 0) is 0 Å². The van der Waals surface area contributed by atoms with Crippen LogP contribution in [0.1, 0.15) is 25.7 Å². The molecule has 0 radical (unpaired) electrons. The molecule has 1 aliphatic heterocycles. The first kappa shape index (κ1) is 12.3. The number of hydrogen-bond donors (Lipinski definition) is 0. The third kappa shape index (κ3) is 2.22. The molecule has 0 spiro atoms. The van der Waals surface area contributed by atoms with Crippen LogP contribution in [0.5, 0.6) is 0 Å². The number of rotatable bonds is 2. The molecule has 1 aromatic carbocycles. The Morgan fingerprint density at radius 3 is 2.78 bits per heavy atom.